The maximum atomic E-state index is 13.5. The lowest BCUT2D eigenvalue weighted by Gasteiger charge is -2.33. The first-order valence-corrected chi connectivity index (χ1v) is 15.2. The quantitative estimate of drug-likeness (QED) is 0.227. The van der Waals surface area contributed by atoms with Crippen molar-refractivity contribution in [3.05, 3.63) is 94.0 Å². The van der Waals surface area contributed by atoms with Crippen LogP contribution in [0.2, 0.25) is 5.02 Å². The zero-order chi connectivity index (χ0) is 29.6. The van der Waals surface area contributed by atoms with Crippen molar-refractivity contribution in [1.29, 1.82) is 0 Å². The smallest absolute Gasteiger partial charge is 0.417 e. The van der Waals surface area contributed by atoms with E-state index in [0.717, 1.165) is 17.9 Å². The molecule has 40 heavy (non-hydrogen) atoms. The third-order valence-corrected chi connectivity index (χ3v) is 8.28. The van der Waals surface area contributed by atoms with E-state index in [9.17, 15) is 26.7 Å². The topological polar surface area (TPSA) is 66.8 Å². The van der Waals surface area contributed by atoms with Crippen LogP contribution in [-0.2, 0) is 34.4 Å². The SMILES string of the molecule is CC(C)(CN(CCCOc1ccc(CCO)c(S(C)(=O)=O)c1)Cc1cccc(C(F)(F)F)c1Cl)c1ccccc1. The average Bonchev–Trinajstić information content (AvgIpc) is 2.87. The van der Waals surface area contributed by atoms with E-state index in [2.05, 4.69) is 18.7 Å². The van der Waals surface area contributed by atoms with Crippen molar-refractivity contribution < 1.29 is 31.4 Å². The number of hydrogen-bond donors (Lipinski definition) is 1. The zero-order valence-corrected chi connectivity index (χ0v) is 24.4. The third-order valence-electron chi connectivity index (χ3n) is 6.66. The van der Waals surface area contributed by atoms with Crippen molar-refractivity contribution in [2.24, 2.45) is 0 Å². The molecule has 0 radical (unpaired) electrons. The van der Waals surface area contributed by atoms with Gasteiger partial charge in [0, 0.05) is 37.9 Å². The van der Waals surface area contributed by atoms with Crippen LogP contribution in [0.25, 0.3) is 0 Å². The molecule has 0 aromatic heterocycles. The van der Waals surface area contributed by atoms with Crippen LogP contribution in [0.1, 0.15) is 42.5 Å². The number of nitrogens with zero attached hydrogens (tertiary/aromatic N) is 1. The largest absolute Gasteiger partial charge is 0.494 e. The maximum Gasteiger partial charge on any atom is 0.417 e. The van der Waals surface area contributed by atoms with E-state index in [1.807, 2.05) is 30.3 Å². The molecule has 0 spiro atoms. The molecule has 1 N–H and O–H groups in total. The van der Waals surface area contributed by atoms with Gasteiger partial charge in [-0.15, -0.1) is 0 Å². The van der Waals surface area contributed by atoms with Gasteiger partial charge < -0.3 is 9.84 Å². The standard InChI is InChI=1S/C30H35ClF3NO4S/c1-29(2,24-10-5-4-6-11-24)21-35(20-23-9-7-12-26(28(23)31)30(32,33)34)16-8-18-39-25-14-13-22(15-17-36)27(19-25)40(3,37)38/h4-7,9-14,19,36H,8,15-18,20-21H2,1-3H3. The van der Waals surface area contributed by atoms with Gasteiger partial charge in [0.2, 0.25) is 0 Å². The number of hydrogen-bond acceptors (Lipinski definition) is 5. The summed E-state index contributed by atoms with van der Waals surface area (Å²) in [7, 11) is -3.51. The van der Waals surface area contributed by atoms with Gasteiger partial charge in [-0.1, -0.05) is 74.0 Å². The predicted octanol–water partition coefficient (Wildman–Crippen LogP) is 6.55. The third kappa shape index (κ3) is 8.70. The molecule has 10 heteroatoms. The van der Waals surface area contributed by atoms with Gasteiger partial charge in [-0.05, 0) is 47.7 Å². The van der Waals surface area contributed by atoms with Gasteiger partial charge >= 0.3 is 6.18 Å². The Morgan fingerprint density at radius 1 is 0.975 bits per heavy atom. The van der Waals surface area contributed by atoms with Gasteiger partial charge in [-0.3, -0.25) is 4.90 Å². The molecule has 0 saturated carbocycles. The lowest BCUT2D eigenvalue weighted by Crippen LogP contribution is -2.37. The van der Waals surface area contributed by atoms with Gasteiger partial charge in [0.15, 0.2) is 9.84 Å². The molecular formula is C30H35ClF3NO4S. The fraction of sp³-hybridized carbons (Fsp3) is 0.400. The summed E-state index contributed by atoms with van der Waals surface area (Å²) in [5.74, 6) is 0.388. The fourth-order valence-electron chi connectivity index (χ4n) is 4.69. The second kappa shape index (κ2) is 13.4. The molecule has 218 valence electrons. The first-order valence-electron chi connectivity index (χ1n) is 12.9. The van der Waals surface area contributed by atoms with Crippen molar-refractivity contribution in [2.75, 3.05) is 32.6 Å². The van der Waals surface area contributed by atoms with Gasteiger partial charge in [0.05, 0.1) is 22.1 Å². The lowest BCUT2D eigenvalue weighted by atomic mass is 9.84. The van der Waals surface area contributed by atoms with Crippen LogP contribution in [0.3, 0.4) is 0 Å². The highest BCUT2D eigenvalue weighted by Crippen LogP contribution is 2.37. The summed E-state index contributed by atoms with van der Waals surface area (Å²) in [6.07, 6.45) is -2.69. The van der Waals surface area contributed by atoms with Crippen LogP contribution in [0, 0.1) is 0 Å². The van der Waals surface area contributed by atoms with Gasteiger partial charge in [-0.2, -0.15) is 13.2 Å². The normalized spacial score (nSPS) is 12.6. The zero-order valence-electron chi connectivity index (χ0n) is 22.8. The molecule has 0 aliphatic heterocycles. The molecule has 0 atom stereocenters. The van der Waals surface area contributed by atoms with Crippen LogP contribution in [0.5, 0.6) is 5.75 Å². The van der Waals surface area contributed by atoms with Crippen molar-refractivity contribution in [3.8, 4) is 5.75 Å². The van der Waals surface area contributed by atoms with E-state index in [1.54, 1.807) is 18.2 Å². The summed E-state index contributed by atoms with van der Waals surface area (Å²) in [6, 6.07) is 18.6. The summed E-state index contributed by atoms with van der Waals surface area (Å²) >= 11 is 6.22. The number of sulfone groups is 1. The fourth-order valence-corrected chi connectivity index (χ4v) is 5.96. The molecule has 0 bridgehead atoms. The van der Waals surface area contributed by atoms with Crippen LogP contribution >= 0.6 is 11.6 Å². The van der Waals surface area contributed by atoms with E-state index < -0.39 is 21.6 Å². The van der Waals surface area contributed by atoms with Gasteiger partial charge in [0.1, 0.15) is 5.75 Å². The van der Waals surface area contributed by atoms with E-state index in [4.69, 9.17) is 16.3 Å². The van der Waals surface area contributed by atoms with Crippen LogP contribution < -0.4 is 4.74 Å². The number of rotatable bonds is 13. The Morgan fingerprint density at radius 2 is 1.68 bits per heavy atom. The molecule has 0 aliphatic carbocycles. The molecule has 5 nitrogen and oxygen atoms in total. The highest BCUT2D eigenvalue weighted by Gasteiger charge is 2.34. The maximum absolute atomic E-state index is 13.5. The molecule has 0 unspecified atom stereocenters. The highest BCUT2D eigenvalue weighted by molar-refractivity contribution is 7.90. The molecule has 3 aromatic rings. The predicted molar refractivity (Wildman–Crippen MR) is 152 cm³/mol. The first-order chi connectivity index (χ1) is 18.7. The van der Waals surface area contributed by atoms with Gasteiger partial charge in [0.25, 0.3) is 0 Å². The number of halogens is 4. The molecular weight excluding hydrogens is 563 g/mol. The summed E-state index contributed by atoms with van der Waals surface area (Å²) < 4.78 is 70.7. The van der Waals surface area contributed by atoms with Crippen molar-refractivity contribution in [2.45, 2.75) is 49.7 Å². The summed E-state index contributed by atoms with van der Waals surface area (Å²) in [6.45, 7) is 5.53. The Labute approximate surface area is 239 Å². The molecule has 3 aromatic carbocycles. The summed E-state index contributed by atoms with van der Waals surface area (Å²) in [5.41, 5.74) is 0.845. The number of aliphatic hydroxyl groups is 1. The Morgan fingerprint density at radius 3 is 2.30 bits per heavy atom. The summed E-state index contributed by atoms with van der Waals surface area (Å²) in [5, 5.41) is 8.94. The number of alkyl halides is 3. The van der Waals surface area contributed by atoms with Crippen molar-refractivity contribution in [1.82, 2.24) is 4.90 Å². The van der Waals surface area contributed by atoms with E-state index >= 15 is 0 Å². The minimum atomic E-state index is -4.55. The highest BCUT2D eigenvalue weighted by atomic mass is 35.5. The average molecular weight is 598 g/mol. The first kappa shape index (κ1) is 31.9. The van der Waals surface area contributed by atoms with Gasteiger partial charge in [-0.25, -0.2) is 8.42 Å². The molecule has 0 aliphatic rings. The lowest BCUT2D eigenvalue weighted by molar-refractivity contribution is -0.137. The number of ether oxygens (including phenoxy) is 1. The summed E-state index contributed by atoms with van der Waals surface area (Å²) in [4.78, 5) is 2.17. The minimum absolute atomic E-state index is 0.115. The molecule has 0 saturated heterocycles. The second-order valence-electron chi connectivity index (χ2n) is 10.5. The molecule has 3 rings (SSSR count). The molecule has 0 amide bonds. The van der Waals surface area contributed by atoms with E-state index in [0.29, 0.717) is 36.4 Å². The molecule has 0 heterocycles. The Hall–Kier alpha value is -2.59. The second-order valence-corrected chi connectivity index (χ2v) is 12.8. The van der Waals surface area contributed by atoms with E-state index in [-0.39, 0.29) is 41.5 Å². The monoisotopic (exact) mass is 597 g/mol. The van der Waals surface area contributed by atoms with E-state index in [1.165, 1.54) is 12.1 Å². The number of benzene rings is 3. The van der Waals surface area contributed by atoms with Crippen molar-refractivity contribution in [3.63, 3.8) is 0 Å². The van der Waals surface area contributed by atoms with Crippen LogP contribution in [0.4, 0.5) is 13.2 Å². The molecule has 0 fully saturated rings. The Bertz CT molecular complexity index is 1380. The van der Waals surface area contributed by atoms with Crippen molar-refractivity contribution >= 4 is 21.4 Å². The minimum Gasteiger partial charge on any atom is -0.494 e. The number of aliphatic hydroxyl groups excluding tert-OH is 1. The van der Waals surface area contributed by atoms with Crippen LogP contribution in [-0.4, -0.2) is 51.0 Å². The Balaban J connectivity index is 1.77. The Kier molecular flexibility index (Phi) is 10.7. The van der Waals surface area contributed by atoms with Crippen LogP contribution in [0.15, 0.2) is 71.6 Å².